The van der Waals surface area contributed by atoms with Crippen molar-refractivity contribution in [3.05, 3.63) is 35.5 Å². The van der Waals surface area contributed by atoms with Gasteiger partial charge in [-0.1, -0.05) is 18.5 Å². The highest BCUT2D eigenvalue weighted by Gasteiger charge is 2.07. The summed E-state index contributed by atoms with van der Waals surface area (Å²) < 4.78 is 0. The Bertz CT molecular complexity index is 571. The summed E-state index contributed by atoms with van der Waals surface area (Å²) in [6.07, 6.45) is 3.00. The normalized spacial score (nSPS) is 11.2. The number of nitrogens with zero attached hydrogens (tertiary/aromatic N) is 3. The van der Waals surface area contributed by atoms with Gasteiger partial charge in [-0.15, -0.1) is 0 Å². The lowest BCUT2D eigenvalue weighted by Gasteiger charge is -2.22. The summed E-state index contributed by atoms with van der Waals surface area (Å²) >= 11 is 6.03. The first-order chi connectivity index (χ1) is 9.61. The van der Waals surface area contributed by atoms with Crippen LogP contribution in [0.1, 0.15) is 13.3 Å². The fourth-order valence-electron chi connectivity index (χ4n) is 2.30. The third-order valence-corrected chi connectivity index (χ3v) is 3.90. The predicted molar refractivity (Wildman–Crippen MR) is 87.8 cm³/mol. The fraction of sp³-hybridized carbons (Fsp3) is 0.438. The zero-order chi connectivity index (χ0) is 14.5. The molecule has 3 nitrogen and oxygen atoms in total. The molecule has 0 atom stereocenters. The smallest absolute Gasteiger partial charge is 0.0737 e. The highest BCUT2D eigenvalue weighted by molar-refractivity contribution is 6.31. The van der Waals surface area contributed by atoms with Crippen LogP contribution in [0.5, 0.6) is 0 Å². The Kier molecular flexibility index (Phi) is 5.21. The van der Waals surface area contributed by atoms with Gasteiger partial charge in [0.05, 0.1) is 5.52 Å². The van der Waals surface area contributed by atoms with Gasteiger partial charge in [-0.05, 0) is 50.8 Å². The monoisotopic (exact) mass is 291 g/mol. The molecule has 1 aromatic carbocycles. The Morgan fingerprint density at radius 2 is 1.95 bits per heavy atom. The highest BCUT2D eigenvalue weighted by atomic mass is 35.5. The van der Waals surface area contributed by atoms with Gasteiger partial charge in [0.1, 0.15) is 0 Å². The van der Waals surface area contributed by atoms with E-state index in [1.54, 1.807) is 0 Å². The van der Waals surface area contributed by atoms with Crippen LogP contribution in [-0.2, 0) is 0 Å². The lowest BCUT2D eigenvalue weighted by molar-refractivity contribution is 0.349. The number of pyridine rings is 1. The molecular weight excluding hydrogens is 270 g/mol. The molecule has 2 rings (SSSR count). The van der Waals surface area contributed by atoms with E-state index in [1.165, 1.54) is 5.69 Å². The van der Waals surface area contributed by atoms with E-state index in [0.29, 0.717) is 0 Å². The molecule has 0 bridgehead atoms. The fourth-order valence-corrected chi connectivity index (χ4v) is 2.46. The Labute approximate surface area is 126 Å². The number of aromatic nitrogens is 1. The molecule has 0 unspecified atom stereocenters. The van der Waals surface area contributed by atoms with E-state index in [1.807, 2.05) is 18.3 Å². The number of anilines is 1. The van der Waals surface area contributed by atoms with E-state index in [9.17, 15) is 0 Å². The molecule has 108 valence electrons. The minimum atomic E-state index is 0.731. The average Bonchev–Trinajstić information content (AvgIpc) is 2.45. The number of halogens is 1. The van der Waals surface area contributed by atoms with Gasteiger partial charge in [0.15, 0.2) is 0 Å². The molecule has 0 aliphatic carbocycles. The molecular formula is C16H22ClN3. The van der Waals surface area contributed by atoms with Crippen molar-refractivity contribution in [2.45, 2.75) is 13.3 Å². The summed E-state index contributed by atoms with van der Waals surface area (Å²) in [5, 5.41) is 1.89. The average molecular weight is 292 g/mol. The summed E-state index contributed by atoms with van der Waals surface area (Å²) in [6.45, 7) is 5.44. The minimum Gasteiger partial charge on any atom is -0.374 e. The van der Waals surface area contributed by atoms with Gasteiger partial charge in [0.25, 0.3) is 0 Å². The van der Waals surface area contributed by atoms with E-state index in [4.69, 9.17) is 11.6 Å². The number of benzene rings is 1. The Morgan fingerprint density at radius 3 is 2.70 bits per heavy atom. The van der Waals surface area contributed by atoms with Gasteiger partial charge in [-0.2, -0.15) is 0 Å². The van der Waals surface area contributed by atoms with Crippen LogP contribution in [0.25, 0.3) is 10.9 Å². The first kappa shape index (κ1) is 15.1. The maximum atomic E-state index is 6.03. The van der Waals surface area contributed by atoms with Crippen LogP contribution in [0, 0.1) is 0 Å². The molecule has 0 aliphatic rings. The lowest BCUT2D eigenvalue weighted by Crippen LogP contribution is -2.25. The van der Waals surface area contributed by atoms with E-state index in [-0.39, 0.29) is 0 Å². The van der Waals surface area contributed by atoms with Crippen molar-refractivity contribution >= 4 is 28.2 Å². The first-order valence-electron chi connectivity index (χ1n) is 7.05. The van der Waals surface area contributed by atoms with Crippen LogP contribution in [-0.4, -0.2) is 43.6 Å². The number of hydrogen-bond donors (Lipinski definition) is 0. The standard InChI is InChI=1S/C16H22ClN3/c1-4-19(2)10-5-11-20(3)16-8-9-18-15-12-13(17)6-7-14(15)16/h6-9,12H,4-5,10-11H2,1-3H3. The van der Waals surface area contributed by atoms with Crippen molar-refractivity contribution < 1.29 is 0 Å². The molecule has 0 saturated heterocycles. The summed E-state index contributed by atoms with van der Waals surface area (Å²) in [7, 11) is 4.29. The predicted octanol–water partition coefficient (Wildman–Crippen LogP) is 3.67. The van der Waals surface area contributed by atoms with Crippen LogP contribution >= 0.6 is 11.6 Å². The second-order valence-electron chi connectivity index (χ2n) is 5.16. The molecule has 2 aromatic rings. The molecule has 0 saturated carbocycles. The van der Waals surface area contributed by atoms with Crippen LogP contribution in [0.4, 0.5) is 5.69 Å². The molecule has 1 heterocycles. The van der Waals surface area contributed by atoms with Gasteiger partial charge < -0.3 is 9.80 Å². The summed E-state index contributed by atoms with van der Waals surface area (Å²) in [5.41, 5.74) is 2.17. The molecule has 0 spiro atoms. The zero-order valence-electron chi connectivity index (χ0n) is 12.4. The lowest BCUT2D eigenvalue weighted by atomic mass is 10.1. The molecule has 0 aliphatic heterocycles. The van der Waals surface area contributed by atoms with Crippen molar-refractivity contribution in [1.29, 1.82) is 0 Å². The van der Waals surface area contributed by atoms with E-state index in [2.05, 4.69) is 47.9 Å². The SMILES string of the molecule is CCN(C)CCCN(C)c1ccnc2cc(Cl)ccc12. The largest absolute Gasteiger partial charge is 0.374 e. The molecule has 0 radical (unpaired) electrons. The molecule has 1 aromatic heterocycles. The third-order valence-electron chi connectivity index (χ3n) is 3.67. The van der Waals surface area contributed by atoms with Crippen molar-refractivity contribution in [3.8, 4) is 0 Å². The number of rotatable bonds is 6. The van der Waals surface area contributed by atoms with Gasteiger partial charge >= 0.3 is 0 Å². The van der Waals surface area contributed by atoms with E-state index < -0.39 is 0 Å². The maximum Gasteiger partial charge on any atom is 0.0737 e. The van der Waals surface area contributed by atoms with Crippen LogP contribution in [0.15, 0.2) is 30.5 Å². The van der Waals surface area contributed by atoms with Crippen molar-refractivity contribution in [2.24, 2.45) is 0 Å². The van der Waals surface area contributed by atoms with Crippen molar-refractivity contribution in [1.82, 2.24) is 9.88 Å². The first-order valence-corrected chi connectivity index (χ1v) is 7.43. The summed E-state index contributed by atoms with van der Waals surface area (Å²) in [5.74, 6) is 0. The molecule has 0 N–H and O–H groups in total. The molecule has 20 heavy (non-hydrogen) atoms. The van der Waals surface area contributed by atoms with E-state index in [0.717, 1.165) is 42.0 Å². The maximum absolute atomic E-state index is 6.03. The number of hydrogen-bond acceptors (Lipinski definition) is 3. The molecule has 0 fully saturated rings. The zero-order valence-corrected chi connectivity index (χ0v) is 13.2. The minimum absolute atomic E-state index is 0.731. The summed E-state index contributed by atoms with van der Waals surface area (Å²) in [6, 6.07) is 7.96. The van der Waals surface area contributed by atoms with E-state index >= 15 is 0 Å². The Hall–Kier alpha value is -1.32. The quantitative estimate of drug-likeness (QED) is 0.809. The van der Waals surface area contributed by atoms with Gasteiger partial charge in [-0.3, -0.25) is 4.98 Å². The second kappa shape index (κ2) is 6.91. The molecule has 0 amide bonds. The summed E-state index contributed by atoms with van der Waals surface area (Å²) in [4.78, 5) is 9.01. The van der Waals surface area contributed by atoms with Crippen molar-refractivity contribution in [3.63, 3.8) is 0 Å². The van der Waals surface area contributed by atoms with Crippen LogP contribution < -0.4 is 4.90 Å². The van der Waals surface area contributed by atoms with Gasteiger partial charge in [0, 0.05) is 35.9 Å². The highest BCUT2D eigenvalue weighted by Crippen LogP contribution is 2.26. The number of fused-ring (bicyclic) bond motifs is 1. The van der Waals surface area contributed by atoms with Gasteiger partial charge in [-0.25, -0.2) is 0 Å². The molecule has 4 heteroatoms. The second-order valence-corrected chi connectivity index (χ2v) is 5.60. The van der Waals surface area contributed by atoms with Crippen LogP contribution in [0.2, 0.25) is 5.02 Å². The Morgan fingerprint density at radius 1 is 1.15 bits per heavy atom. The van der Waals surface area contributed by atoms with Crippen molar-refractivity contribution in [2.75, 3.05) is 38.6 Å². The van der Waals surface area contributed by atoms with Crippen LogP contribution in [0.3, 0.4) is 0 Å². The van der Waals surface area contributed by atoms with Gasteiger partial charge in [0.2, 0.25) is 0 Å². The topological polar surface area (TPSA) is 19.4 Å². The third kappa shape index (κ3) is 3.62. The Balaban J connectivity index is 2.11.